The molecule has 1 aromatic carbocycles. The number of fused-ring (bicyclic) bond motifs is 1. The molecule has 2 aromatic heterocycles. The highest BCUT2D eigenvalue weighted by atomic mass is 35.5. The van der Waals surface area contributed by atoms with E-state index in [0.29, 0.717) is 16.3 Å². The van der Waals surface area contributed by atoms with E-state index in [1.807, 2.05) is 0 Å². The molecule has 2 heterocycles. The van der Waals surface area contributed by atoms with E-state index < -0.39 is 11.9 Å². The molecule has 0 saturated carbocycles. The van der Waals surface area contributed by atoms with Crippen LogP contribution in [0.3, 0.4) is 0 Å². The minimum Gasteiger partial charge on any atom is -0.384 e. The number of halogens is 4. The van der Waals surface area contributed by atoms with Crippen LogP contribution in [-0.2, 0) is 6.18 Å². The van der Waals surface area contributed by atoms with Gasteiger partial charge in [0.2, 0.25) is 0 Å². The first-order valence-corrected chi connectivity index (χ1v) is 6.64. The van der Waals surface area contributed by atoms with Gasteiger partial charge in [0.05, 0.1) is 5.56 Å². The van der Waals surface area contributed by atoms with Gasteiger partial charge in [-0.2, -0.15) is 22.8 Å². The largest absolute Gasteiger partial charge is 0.435 e. The second-order valence-corrected chi connectivity index (χ2v) is 5.22. The van der Waals surface area contributed by atoms with Crippen LogP contribution in [0.25, 0.3) is 16.8 Å². The van der Waals surface area contributed by atoms with Crippen LogP contribution in [0.15, 0.2) is 30.3 Å². The van der Waals surface area contributed by atoms with Crippen LogP contribution in [0.1, 0.15) is 11.4 Å². The molecule has 0 radical (unpaired) electrons. The van der Waals surface area contributed by atoms with Gasteiger partial charge in [-0.25, -0.2) is 4.98 Å². The summed E-state index contributed by atoms with van der Waals surface area (Å²) in [4.78, 5) is 4.16. The fourth-order valence-corrected chi connectivity index (χ4v) is 2.37. The summed E-state index contributed by atoms with van der Waals surface area (Å²) < 4.78 is 40.9. The lowest BCUT2D eigenvalue weighted by Gasteiger charge is -2.06. The molecule has 2 N–H and O–H groups in total. The SMILES string of the molecule is Cc1cc(N)n2nc(C(F)(F)F)c(-c3ccc(Cl)cc3)c2n1. The lowest BCUT2D eigenvalue weighted by Crippen LogP contribution is -2.08. The zero-order valence-corrected chi connectivity index (χ0v) is 12.1. The van der Waals surface area contributed by atoms with Crippen molar-refractivity contribution in [2.45, 2.75) is 13.1 Å². The van der Waals surface area contributed by atoms with E-state index in [1.165, 1.54) is 30.3 Å². The van der Waals surface area contributed by atoms with Gasteiger partial charge in [0.25, 0.3) is 0 Å². The number of rotatable bonds is 1. The number of nitrogens with zero attached hydrogens (tertiary/aromatic N) is 3. The Balaban J connectivity index is 2.41. The highest BCUT2D eigenvalue weighted by molar-refractivity contribution is 6.30. The Morgan fingerprint density at radius 3 is 2.41 bits per heavy atom. The van der Waals surface area contributed by atoms with Crippen LogP contribution in [0, 0.1) is 6.92 Å². The normalized spacial score (nSPS) is 12.0. The monoisotopic (exact) mass is 326 g/mol. The lowest BCUT2D eigenvalue weighted by molar-refractivity contribution is -0.140. The van der Waals surface area contributed by atoms with E-state index >= 15 is 0 Å². The van der Waals surface area contributed by atoms with E-state index in [0.717, 1.165) is 4.52 Å². The van der Waals surface area contributed by atoms with Crippen molar-refractivity contribution in [3.8, 4) is 11.1 Å². The molecule has 0 aliphatic carbocycles. The van der Waals surface area contributed by atoms with Gasteiger partial charge < -0.3 is 5.73 Å². The molecule has 0 aliphatic rings. The summed E-state index contributed by atoms with van der Waals surface area (Å²) >= 11 is 5.79. The number of nitrogens with two attached hydrogens (primary N) is 1. The molecule has 0 unspecified atom stereocenters. The van der Waals surface area contributed by atoms with Gasteiger partial charge in [0.15, 0.2) is 11.3 Å². The molecule has 114 valence electrons. The average Bonchev–Trinajstić information content (AvgIpc) is 2.79. The Bertz CT molecular complexity index is 853. The Labute approximate surface area is 128 Å². The van der Waals surface area contributed by atoms with Crippen LogP contribution in [0.2, 0.25) is 5.02 Å². The van der Waals surface area contributed by atoms with Gasteiger partial charge in [-0.1, -0.05) is 23.7 Å². The highest BCUT2D eigenvalue weighted by Gasteiger charge is 2.39. The number of nitrogen functional groups attached to an aromatic ring is 1. The van der Waals surface area contributed by atoms with Crippen molar-refractivity contribution in [2.75, 3.05) is 5.73 Å². The number of aryl methyl sites for hydroxylation is 1. The Morgan fingerprint density at radius 2 is 1.82 bits per heavy atom. The second-order valence-electron chi connectivity index (χ2n) is 4.79. The van der Waals surface area contributed by atoms with E-state index in [4.69, 9.17) is 17.3 Å². The van der Waals surface area contributed by atoms with Gasteiger partial charge >= 0.3 is 6.18 Å². The van der Waals surface area contributed by atoms with Gasteiger partial charge in [0, 0.05) is 16.8 Å². The van der Waals surface area contributed by atoms with Crippen LogP contribution >= 0.6 is 11.6 Å². The number of aromatic nitrogens is 3. The van der Waals surface area contributed by atoms with Crippen molar-refractivity contribution in [2.24, 2.45) is 0 Å². The number of hydrogen-bond donors (Lipinski definition) is 1. The standard InChI is InChI=1S/C14H10ClF3N4/c1-7-6-10(19)22-13(20-7)11(12(21-22)14(16,17)18)8-2-4-9(15)5-3-8/h2-6H,19H2,1H3. The van der Waals surface area contributed by atoms with E-state index in [1.54, 1.807) is 6.92 Å². The number of hydrogen-bond acceptors (Lipinski definition) is 3. The predicted octanol–water partition coefficient (Wildman–Crippen LogP) is 3.96. The van der Waals surface area contributed by atoms with Crippen molar-refractivity contribution >= 4 is 23.1 Å². The molecule has 0 amide bonds. The molecule has 0 saturated heterocycles. The zero-order chi connectivity index (χ0) is 16.1. The third kappa shape index (κ3) is 2.37. The minimum atomic E-state index is -4.62. The van der Waals surface area contributed by atoms with E-state index in [2.05, 4.69) is 10.1 Å². The maximum absolute atomic E-state index is 13.3. The van der Waals surface area contributed by atoms with Crippen LogP contribution in [0.5, 0.6) is 0 Å². The molecule has 0 spiro atoms. The summed E-state index contributed by atoms with van der Waals surface area (Å²) in [5, 5.41) is 4.02. The number of anilines is 1. The maximum atomic E-state index is 13.3. The summed E-state index contributed by atoms with van der Waals surface area (Å²) in [6.45, 7) is 1.66. The molecule has 0 aliphatic heterocycles. The first-order chi connectivity index (χ1) is 10.3. The van der Waals surface area contributed by atoms with E-state index in [-0.39, 0.29) is 17.0 Å². The van der Waals surface area contributed by atoms with Gasteiger partial charge in [-0.05, 0) is 24.6 Å². The quantitative estimate of drug-likeness (QED) is 0.736. The van der Waals surface area contributed by atoms with Crippen molar-refractivity contribution in [3.63, 3.8) is 0 Å². The molecule has 8 heteroatoms. The third-order valence-corrected chi connectivity index (χ3v) is 3.40. The Morgan fingerprint density at radius 1 is 1.18 bits per heavy atom. The zero-order valence-electron chi connectivity index (χ0n) is 11.3. The molecule has 3 rings (SSSR count). The summed E-state index contributed by atoms with van der Waals surface area (Å²) in [5.41, 5.74) is 5.51. The first kappa shape index (κ1) is 14.6. The number of benzene rings is 1. The topological polar surface area (TPSA) is 56.2 Å². The fraction of sp³-hybridized carbons (Fsp3) is 0.143. The van der Waals surface area contributed by atoms with Crippen LogP contribution in [0.4, 0.5) is 19.0 Å². The van der Waals surface area contributed by atoms with Gasteiger partial charge in [-0.15, -0.1) is 0 Å². The highest BCUT2D eigenvalue weighted by Crippen LogP contribution is 2.39. The average molecular weight is 327 g/mol. The summed E-state index contributed by atoms with van der Waals surface area (Å²) in [6, 6.07) is 7.48. The smallest absolute Gasteiger partial charge is 0.384 e. The molecule has 0 atom stereocenters. The van der Waals surface area contributed by atoms with Gasteiger partial charge in [0.1, 0.15) is 5.82 Å². The molecule has 0 bridgehead atoms. The molecule has 3 aromatic rings. The third-order valence-electron chi connectivity index (χ3n) is 3.15. The van der Waals surface area contributed by atoms with Crippen LogP contribution in [-0.4, -0.2) is 14.6 Å². The summed E-state index contributed by atoms with van der Waals surface area (Å²) in [7, 11) is 0. The van der Waals surface area contributed by atoms with Gasteiger partial charge in [-0.3, -0.25) is 0 Å². The van der Waals surface area contributed by atoms with Crippen LogP contribution < -0.4 is 5.73 Å². The molecule has 22 heavy (non-hydrogen) atoms. The molecule has 0 fully saturated rings. The van der Waals surface area contributed by atoms with Crippen molar-refractivity contribution in [1.29, 1.82) is 0 Å². The molecular formula is C14H10ClF3N4. The maximum Gasteiger partial charge on any atom is 0.435 e. The summed E-state index contributed by atoms with van der Waals surface area (Å²) in [6.07, 6.45) is -4.62. The van der Waals surface area contributed by atoms with Crippen molar-refractivity contribution in [3.05, 3.63) is 46.7 Å². The molecular weight excluding hydrogens is 317 g/mol. The fourth-order valence-electron chi connectivity index (χ4n) is 2.25. The first-order valence-electron chi connectivity index (χ1n) is 6.26. The predicted molar refractivity (Wildman–Crippen MR) is 77.6 cm³/mol. The second kappa shape index (κ2) is 4.88. The van der Waals surface area contributed by atoms with E-state index in [9.17, 15) is 13.2 Å². The summed E-state index contributed by atoms with van der Waals surface area (Å²) in [5.74, 6) is 0.0909. The molecule has 4 nitrogen and oxygen atoms in total. The Hall–Kier alpha value is -2.28. The minimum absolute atomic E-state index is 0.0622. The lowest BCUT2D eigenvalue weighted by atomic mass is 10.1. The Kier molecular flexibility index (Phi) is 3.25. The number of alkyl halides is 3. The van der Waals surface area contributed by atoms with Crippen molar-refractivity contribution < 1.29 is 13.2 Å². The van der Waals surface area contributed by atoms with Crippen molar-refractivity contribution in [1.82, 2.24) is 14.6 Å².